The molecule has 4 nitrogen and oxygen atoms in total. The summed E-state index contributed by atoms with van der Waals surface area (Å²) in [5.41, 5.74) is 1.23. The minimum atomic E-state index is -0.0953. The maximum absolute atomic E-state index is 12.1. The van der Waals surface area contributed by atoms with Gasteiger partial charge in [0.2, 0.25) is 5.91 Å². The van der Waals surface area contributed by atoms with Crippen LogP contribution in [0, 0.1) is 0 Å². The summed E-state index contributed by atoms with van der Waals surface area (Å²) in [7, 11) is 1.62. The first-order chi connectivity index (χ1) is 11.7. The number of carbonyl (C=O) groups excluding carboxylic acids is 1. The topological polar surface area (TPSA) is 47.6 Å². The zero-order valence-corrected chi connectivity index (χ0v) is 14.8. The Balaban J connectivity index is 1.65. The molecule has 1 amide bonds. The van der Waals surface area contributed by atoms with Crippen LogP contribution in [0.4, 0.5) is 0 Å². The molecule has 2 aromatic rings. The molecule has 128 valence electrons. The van der Waals surface area contributed by atoms with E-state index in [9.17, 15) is 4.79 Å². The summed E-state index contributed by atoms with van der Waals surface area (Å²) in [4.78, 5) is 12.1. The summed E-state index contributed by atoms with van der Waals surface area (Å²) in [6.07, 6.45) is 0. The smallest absolute Gasteiger partial charge is 0.232 e. The third-order valence-corrected chi connectivity index (χ3v) is 4.64. The molecule has 0 aliphatic carbocycles. The first kappa shape index (κ1) is 18.2. The van der Waals surface area contributed by atoms with Crippen LogP contribution < -0.4 is 14.8 Å². The number of nitrogens with one attached hydrogen (secondary N) is 1. The van der Waals surface area contributed by atoms with E-state index in [1.54, 1.807) is 18.9 Å². The number of thioether (sulfide) groups is 1. The van der Waals surface area contributed by atoms with Gasteiger partial charge in [-0.3, -0.25) is 4.79 Å². The van der Waals surface area contributed by atoms with Crippen LogP contribution in [0.3, 0.4) is 0 Å². The van der Waals surface area contributed by atoms with E-state index in [0.717, 1.165) is 17.3 Å². The zero-order valence-electron chi connectivity index (χ0n) is 14.0. The third kappa shape index (κ3) is 6.16. The number of methoxy groups -OCH3 is 1. The maximum atomic E-state index is 12.1. The molecule has 0 radical (unpaired) electrons. The standard InChI is InChI=1S/C19H23NO3S/c1-15(24-14-16-7-4-3-5-8-16)19(21)20-11-12-23-18-10-6-9-17(13-18)22-2/h3-10,13,15H,11-12,14H2,1-2H3,(H,20,21)/t15-/m1/s1. The van der Waals surface area contributed by atoms with Crippen LogP contribution in [0.5, 0.6) is 11.5 Å². The van der Waals surface area contributed by atoms with Gasteiger partial charge < -0.3 is 14.8 Å². The Morgan fingerprint density at radius 3 is 2.62 bits per heavy atom. The van der Waals surface area contributed by atoms with Crippen molar-refractivity contribution in [3.8, 4) is 11.5 Å². The number of rotatable bonds is 9. The highest BCUT2D eigenvalue weighted by atomic mass is 32.2. The summed E-state index contributed by atoms with van der Waals surface area (Å²) in [6.45, 7) is 2.83. The molecule has 0 saturated carbocycles. The first-order valence-corrected chi connectivity index (χ1v) is 8.94. The summed E-state index contributed by atoms with van der Waals surface area (Å²) in [5, 5.41) is 2.81. The number of amides is 1. The van der Waals surface area contributed by atoms with Gasteiger partial charge in [-0.05, 0) is 24.6 Å². The van der Waals surface area contributed by atoms with Gasteiger partial charge in [0.25, 0.3) is 0 Å². The molecule has 0 fully saturated rings. The Kier molecular flexibility index (Phi) is 7.49. The van der Waals surface area contributed by atoms with Crippen LogP contribution in [-0.2, 0) is 10.5 Å². The molecule has 0 unspecified atom stereocenters. The molecule has 0 heterocycles. The Hall–Kier alpha value is -2.14. The highest BCUT2D eigenvalue weighted by Gasteiger charge is 2.12. The lowest BCUT2D eigenvalue weighted by molar-refractivity contribution is -0.120. The molecule has 0 aromatic heterocycles. The van der Waals surface area contributed by atoms with E-state index in [-0.39, 0.29) is 11.2 Å². The molecular weight excluding hydrogens is 322 g/mol. The highest BCUT2D eigenvalue weighted by molar-refractivity contribution is 7.99. The van der Waals surface area contributed by atoms with Crippen LogP contribution in [0.25, 0.3) is 0 Å². The van der Waals surface area contributed by atoms with Crippen LogP contribution in [0.15, 0.2) is 54.6 Å². The maximum Gasteiger partial charge on any atom is 0.232 e. The Morgan fingerprint density at radius 1 is 1.12 bits per heavy atom. The fourth-order valence-corrected chi connectivity index (χ4v) is 2.92. The largest absolute Gasteiger partial charge is 0.497 e. The quantitative estimate of drug-likeness (QED) is 0.707. The number of hydrogen-bond donors (Lipinski definition) is 1. The normalized spacial score (nSPS) is 11.6. The van der Waals surface area contributed by atoms with Crippen molar-refractivity contribution in [2.45, 2.75) is 17.9 Å². The summed E-state index contributed by atoms with van der Waals surface area (Å²) in [5.74, 6) is 2.35. The average molecular weight is 345 g/mol. The van der Waals surface area contributed by atoms with E-state index in [4.69, 9.17) is 9.47 Å². The average Bonchev–Trinajstić information content (AvgIpc) is 2.64. The van der Waals surface area contributed by atoms with Crippen molar-refractivity contribution in [1.82, 2.24) is 5.32 Å². The molecule has 0 spiro atoms. The van der Waals surface area contributed by atoms with Gasteiger partial charge in [-0.1, -0.05) is 36.4 Å². The van der Waals surface area contributed by atoms with Crippen LogP contribution in [0.2, 0.25) is 0 Å². The lowest BCUT2D eigenvalue weighted by atomic mass is 10.2. The van der Waals surface area contributed by atoms with Gasteiger partial charge in [0.1, 0.15) is 18.1 Å². The second-order valence-electron chi connectivity index (χ2n) is 5.26. The van der Waals surface area contributed by atoms with E-state index in [0.29, 0.717) is 13.2 Å². The number of ether oxygens (including phenoxy) is 2. The number of benzene rings is 2. The minimum Gasteiger partial charge on any atom is -0.497 e. The minimum absolute atomic E-state index is 0.0326. The van der Waals surface area contributed by atoms with Crippen molar-refractivity contribution in [1.29, 1.82) is 0 Å². The predicted molar refractivity (Wildman–Crippen MR) is 98.7 cm³/mol. The molecule has 0 bridgehead atoms. The van der Waals surface area contributed by atoms with Gasteiger partial charge in [0, 0.05) is 11.8 Å². The van der Waals surface area contributed by atoms with Crippen LogP contribution >= 0.6 is 11.8 Å². The molecule has 2 rings (SSSR count). The van der Waals surface area contributed by atoms with E-state index < -0.39 is 0 Å². The Labute approximate surface area is 147 Å². The molecular formula is C19H23NO3S. The van der Waals surface area contributed by atoms with Crippen molar-refractivity contribution in [2.24, 2.45) is 0 Å². The predicted octanol–water partition coefficient (Wildman–Crippen LogP) is 3.51. The lowest BCUT2D eigenvalue weighted by Crippen LogP contribution is -2.34. The van der Waals surface area contributed by atoms with Crippen LogP contribution in [0.1, 0.15) is 12.5 Å². The zero-order chi connectivity index (χ0) is 17.2. The van der Waals surface area contributed by atoms with Gasteiger partial charge in [-0.2, -0.15) is 0 Å². The van der Waals surface area contributed by atoms with E-state index >= 15 is 0 Å². The monoisotopic (exact) mass is 345 g/mol. The second-order valence-corrected chi connectivity index (χ2v) is 6.59. The van der Waals surface area contributed by atoms with Gasteiger partial charge in [0.15, 0.2) is 0 Å². The van der Waals surface area contributed by atoms with E-state index in [1.165, 1.54) is 5.56 Å². The fraction of sp³-hybridized carbons (Fsp3) is 0.316. The van der Waals surface area contributed by atoms with Crippen molar-refractivity contribution in [2.75, 3.05) is 20.3 Å². The number of hydrogen-bond acceptors (Lipinski definition) is 4. The Bertz CT molecular complexity index is 634. The summed E-state index contributed by atoms with van der Waals surface area (Å²) < 4.78 is 10.7. The number of carbonyl (C=O) groups is 1. The summed E-state index contributed by atoms with van der Waals surface area (Å²) >= 11 is 1.63. The molecule has 24 heavy (non-hydrogen) atoms. The summed E-state index contributed by atoms with van der Waals surface area (Å²) in [6, 6.07) is 17.6. The molecule has 5 heteroatoms. The molecule has 0 aliphatic heterocycles. The van der Waals surface area contributed by atoms with Gasteiger partial charge in [-0.15, -0.1) is 11.8 Å². The van der Waals surface area contributed by atoms with Crippen LogP contribution in [-0.4, -0.2) is 31.4 Å². The SMILES string of the molecule is COc1cccc(OCCNC(=O)[C@@H](C)SCc2ccccc2)c1. The van der Waals surface area contributed by atoms with Gasteiger partial charge in [-0.25, -0.2) is 0 Å². The second kappa shape index (κ2) is 9.88. The fourth-order valence-electron chi connectivity index (χ4n) is 2.05. The Morgan fingerprint density at radius 2 is 1.88 bits per heavy atom. The molecule has 1 atom stereocenters. The van der Waals surface area contributed by atoms with Crippen molar-refractivity contribution in [3.63, 3.8) is 0 Å². The molecule has 0 aliphatic rings. The van der Waals surface area contributed by atoms with Crippen molar-refractivity contribution in [3.05, 3.63) is 60.2 Å². The third-order valence-electron chi connectivity index (χ3n) is 3.42. The van der Waals surface area contributed by atoms with Gasteiger partial charge in [0.05, 0.1) is 18.9 Å². The highest BCUT2D eigenvalue weighted by Crippen LogP contribution is 2.19. The van der Waals surface area contributed by atoms with E-state index in [2.05, 4.69) is 17.4 Å². The lowest BCUT2D eigenvalue weighted by Gasteiger charge is -2.13. The molecule has 1 N–H and O–H groups in total. The first-order valence-electron chi connectivity index (χ1n) is 7.89. The van der Waals surface area contributed by atoms with Gasteiger partial charge >= 0.3 is 0 Å². The molecule has 2 aromatic carbocycles. The van der Waals surface area contributed by atoms with Crippen molar-refractivity contribution < 1.29 is 14.3 Å². The van der Waals surface area contributed by atoms with E-state index in [1.807, 2.05) is 49.4 Å². The molecule has 0 saturated heterocycles. The van der Waals surface area contributed by atoms with Crippen molar-refractivity contribution >= 4 is 17.7 Å².